The Morgan fingerprint density at radius 3 is 0.945 bits per heavy atom. The van der Waals surface area contributed by atoms with Gasteiger partial charge in [0.1, 0.15) is 22.1 Å². The summed E-state index contributed by atoms with van der Waals surface area (Å²) in [7, 11) is 0. The highest BCUT2D eigenvalue weighted by Gasteiger charge is 2.50. The molecular formula is C100H154N4S6. The lowest BCUT2D eigenvalue weighted by atomic mass is 9.68. The van der Waals surface area contributed by atoms with E-state index >= 15 is 0 Å². The summed E-state index contributed by atoms with van der Waals surface area (Å²) in [6.45, 7) is 18.8. The predicted octanol–water partition coefficient (Wildman–Crippen LogP) is 36.3. The number of aromatic nitrogens is 4. The van der Waals surface area contributed by atoms with E-state index in [9.17, 15) is 0 Å². The maximum absolute atomic E-state index is 5.67. The highest BCUT2D eigenvalue weighted by Crippen LogP contribution is 2.65. The number of thioether (sulfide) groups is 2. The van der Waals surface area contributed by atoms with Gasteiger partial charge in [0, 0.05) is 58.2 Å². The Hall–Kier alpha value is -2.86. The fraction of sp³-hybridized carbons (Fsp3) is 0.720. The van der Waals surface area contributed by atoms with Gasteiger partial charge in [0.15, 0.2) is 0 Å². The molecule has 110 heavy (non-hydrogen) atoms. The highest BCUT2D eigenvalue weighted by atomic mass is 32.2. The average molecular weight is 1600 g/mol. The quantitative estimate of drug-likeness (QED) is 0.0354. The lowest BCUT2D eigenvalue weighted by Gasteiger charge is -2.35. The van der Waals surface area contributed by atoms with Gasteiger partial charge in [0.25, 0.3) is 0 Å². The van der Waals surface area contributed by atoms with Gasteiger partial charge in [-0.25, -0.2) is 0 Å². The van der Waals surface area contributed by atoms with Gasteiger partial charge in [-0.1, -0.05) is 394 Å². The van der Waals surface area contributed by atoms with Crippen molar-refractivity contribution in [3.8, 4) is 42.4 Å². The van der Waals surface area contributed by atoms with Crippen molar-refractivity contribution in [1.82, 2.24) is 17.5 Å². The van der Waals surface area contributed by atoms with Crippen LogP contribution in [0.4, 0.5) is 0 Å². The molecule has 0 fully saturated rings. The molecule has 0 bridgehead atoms. The molecule has 0 saturated carbocycles. The predicted molar refractivity (Wildman–Crippen MR) is 499 cm³/mol. The molecule has 10 rings (SSSR count). The largest absolute Gasteiger partial charge is 0.173 e. The first-order valence-corrected chi connectivity index (χ1v) is 52.4. The van der Waals surface area contributed by atoms with Crippen LogP contribution < -0.4 is 0 Å². The van der Waals surface area contributed by atoms with Crippen molar-refractivity contribution in [2.24, 2.45) is 0 Å². The molecule has 3 aromatic carbocycles. The van der Waals surface area contributed by atoms with Crippen LogP contribution in [0.5, 0.6) is 0 Å². The van der Waals surface area contributed by atoms with Crippen LogP contribution in [0.2, 0.25) is 0 Å². The van der Waals surface area contributed by atoms with Gasteiger partial charge in [-0.05, 0) is 133 Å². The zero-order valence-electron chi connectivity index (χ0n) is 71.5. The van der Waals surface area contributed by atoms with Crippen LogP contribution >= 0.6 is 69.7 Å². The maximum Gasteiger partial charge on any atom is 0.114 e. The van der Waals surface area contributed by atoms with Crippen LogP contribution in [0.15, 0.2) is 40.6 Å². The monoisotopic (exact) mass is 1600 g/mol. The molecule has 0 atom stereocenters. The summed E-state index contributed by atoms with van der Waals surface area (Å²) in [4.78, 5) is 5.81. The lowest BCUT2D eigenvalue weighted by molar-refractivity contribution is 0.393. The summed E-state index contributed by atoms with van der Waals surface area (Å²) in [5, 5.41) is 0. The van der Waals surface area contributed by atoms with Crippen molar-refractivity contribution >= 4 is 97.3 Å². The molecule has 0 saturated heterocycles. The van der Waals surface area contributed by atoms with E-state index < -0.39 is 0 Å². The van der Waals surface area contributed by atoms with Gasteiger partial charge in [0.05, 0.1) is 33.2 Å². The molecule has 0 radical (unpaired) electrons. The third kappa shape index (κ3) is 24.6. The first-order valence-electron chi connectivity index (χ1n) is 47.3. The number of hydrogen-bond acceptors (Lipinski definition) is 10. The fourth-order valence-electron chi connectivity index (χ4n) is 19.7. The van der Waals surface area contributed by atoms with Crippen molar-refractivity contribution in [2.75, 3.05) is 11.5 Å². The van der Waals surface area contributed by atoms with Crippen LogP contribution in [-0.4, -0.2) is 29.0 Å². The third-order valence-electron chi connectivity index (χ3n) is 26.1. The fourth-order valence-corrected chi connectivity index (χ4v) is 25.9. The third-order valence-corrected chi connectivity index (χ3v) is 32.2. The lowest BCUT2D eigenvalue weighted by Crippen LogP contribution is -2.27. The van der Waals surface area contributed by atoms with Crippen LogP contribution in [0, 0.1) is 13.8 Å². The molecular weight excluding hydrogens is 1450 g/mol. The normalized spacial score (nSPS) is 13.7. The molecule has 0 unspecified atom stereocenters. The van der Waals surface area contributed by atoms with Gasteiger partial charge in [-0.3, -0.25) is 0 Å². The molecule has 610 valence electrons. The van der Waals surface area contributed by atoms with Crippen LogP contribution in [0.3, 0.4) is 0 Å². The summed E-state index contributed by atoms with van der Waals surface area (Å²) in [5.41, 5.74) is 23.7. The van der Waals surface area contributed by atoms with Gasteiger partial charge in [-0.15, -0.1) is 46.2 Å². The van der Waals surface area contributed by atoms with Crippen molar-refractivity contribution in [3.63, 3.8) is 0 Å². The first kappa shape index (κ1) is 89.5. The summed E-state index contributed by atoms with van der Waals surface area (Å²) in [6.07, 6.45) is 81.2. The number of aryl methyl sites for hydroxylation is 2. The second kappa shape index (κ2) is 50.0. The number of benzene rings is 3. The second-order valence-corrected chi connectivity index (χ2v) is 40.8. The molecule has 0 aliphatic heterocycles. The Morgan fingerprint density at radius 2 is 0.573 bits per heavy atom. The zero-order valence-corrected chi connectivity index (χ0v) is 76.4. The Kier molecular flexibility index (Phi) is 40.7. The van der Waals surface area contributed by atoms with E-state index in [4.69, 9.17) is 17.5 Å². The maximum atomic E-state index is 5.67. The molecule has 0 amide bonds. The number of rotatable bonds is 65. The minimum atomic E-state index is -0.164. The zero-order chi connectivity index (χ0) is 76.9. The van der Waals surface area contributed by atoms with Crippen LogP contribution in [-0.2, 0) is 10.8 Å². The van der Waals surface area contributed by atoms with Crippen molar-refractivity contribution in [2.45, 2.75) is 451 Å². The standard InChI is InChI=1S/C100H154N4S6/c1-9-15-21-27-31-35-39-43-47-51-55-59-65-99(66-60-56-52-48-44-40-36-32-28-22-16-10-2)84-74-80-85(73-79(84)90-86(99)71-77(7)92-94(90)103-109-101-92)100(67-61-57-53-49-45-41-37-33-29-23-17-11-3,68-62-58-54-50-46-42-38-34-30-24-18-12-4)87-75-81(93-95(91(80)87)104-110-102-93)88-76-83-89(82-72-78(8)107-96(82)97(83)108-88)98(105-69-63-25-19-13-5)106-70-64-26-20-14-6/h71-76H,9-70H2,1-8H3. The molecule has 10 heteroatoms. The van der Waals surface area contributed by atoms with Crippen LogP contribution in [0.25, 0.3) is 70.1 Å². The first-order chi connectivity index (χ1) is 54.3. The average Bonchev–Trinajstić information content (AvgIpc) is 1.51. The molecule has 4 nitrogen and oxygen atoms in total. The molecule has 3 aliphatic carbocycles. The van der Waals surface area contributed by atoms with E-state index in [0.717, 1.165) is 11.0 Å². The molecule has 3 aliphatic rings. The molecule has 4 aromatic heterocycles. The summed E-state index contributed by atoms with van der Waals surface area (Å²) >= 11 is 11.4. The summed E-state index contributed by atoms with van der Waals surface area (Å²) < 4.78 is 23.4. The molecule has 4 heterocycles. The molecule has 0 N–H and O–H groups in total. The van der Waals surface area contributed by atoms with E-state index in [-0.39, 0.29) is 10.8 Å². The van der Waals surface area contributed by atoms with E-state index in [1.54, 1.807) is 26.5 Å². The second-order valence-electron chi connectivity index (χ2n) is 35.0. The summed E-state index contributed by atoms with van der Waals surface area (Å²) in [5.74, 6) is 2.39. The topological polar surface area (TPSA) is 51.6 Å². The van der Waals surface area contributed by atoms with E-state index in [0.29, 0.717) is 0 Å². The highest BCUT2D eigenvalue weighted by molar-refractivity contribution is 8.22. The van der Waals surface area contributed by atoms with Crippen molar-refractivity contribution < 1.29 is 0 Å². The Balaban J connectivity index is 1.07. The number of hydrogen-bond donors (Lipinski definition) is 0. The van der Waals surface area contributed by atoms with Gasteiger partial charge in [-0.2, -0.15) is 17.5 Å². The van der Waals surface area contributed by atoms with E-state index in [2.05, 4.69) is 127 Å². The Labute approximate surface area is 699 Å². The van der Waals surface area contributed by atoms with Crippen molar-refractivity contribution in [3.05, 3.63) is 84.5 Å². The summed E-state index contributed by atoms with van der Waals surface area (Å²) in [6, 6.07) is 16.5. The van der Waals surface area contributed by atoms with E-state index in [1.165, 1.54) is 501 Å². The molecule has 7 aromatic rings. The number of nitrogens with zero attached hydrogens (tertiary/aromatic N) is 4. The SMILES string of the molecule is CCCCCCCCCCCCCCC1(CCCCCCCCCCCCCC)c2cc3c(cc2-c2c1cc(C)c1nsnc21)C(CCCCCCCCCCCCCC)(CCCCCCCCCCCCCC)c1cc(-c2cc4c(s2)-c2sc(C)cc2C4=C(SCCCCCC)SCCCCCC)c2nsnc2c1-3. The number of thiophene rings is 2. The Bertz CT molecular complexity index is 3710. The van der Waals surface area contributed by atoms with Crippen LogP contribution in [0.1, 0.15) is 471 Å². The van der Waals surface area contributed by atoms with Gasteiger partial charge >= 0.3 is 0 Å². The Morgan fingerprint density at radius 1 is 0.282 bits per heavy atom. The van der Waals surface area contributed by atoms with Crippen molar-refractivity contribution in [1.29, 1.82) is 0 Å². The number of unbranched alkanes of at least 4 members (excludes halogenated alkanes) is 50. The van der Waals surface area contributed by atoms with E-state index in [1.807, 2.05) is 11.3 Å². The minimum Gasteiger partial charge on any atom is -0.173 e. The van der Waals surface area contributed by atoms with Gasteiger partial charge < -0.3 is 0 Å². The molecule has 0 spiro atoms. The smallest absolute Gasteiger partial charge is 0.114 e. The van der Waals surface area contributed by atoms with Gasteiger partial charge in [0.2, 0.25) is 0 Å². The number of fused-ring (bicyclic) bond motifs is 13. The minimum absolute atomic E-state index is 0.1000.